The number of rotatable bonds is 6. The lowest BCUT2D eigenvalue weighted by molar-refractivity contribution is 0.654. The van der Waals surface area contributed by atoms with Crippen LogP contribution in [0.5, 0.6) is 0 Å². The Balaban J connectivity index is 3.85. The lowest BCUT2D eigenvalue weighted by Crippen LogP contribution is -2.27. The van der Waals surface area contributed by atoms with E-state index in [-0.39, 0.29) is 6.04 Å². The van der Waals surface area contributed by atoms with Gasteiger partial charge in [-0.25, -0.2) is 0 Å². The SMILES string of the molecule is C=CC(/C=C\C)NCC(=C)C(C)C. The molecule has 0 saturated heterocycles. The Hall–Kier alpha value is -0.820. The fraction of sp³-hybridized carbons (Fsp3) is 0.500. The normalized spacial score (nSPS) is 13.5. The fourth-order valence-corrected chi connectivity index (χ4v) is 0.890. The largest absolute Gasteiger partial charge is 0.303 e. The minimum absolute atomic E-state index is 0.264. The molecule has 0 bridgehead atoms. The number of nitrogens with one attached hydrogen (secondary N) is 1. The molecule has 0 rings (SSSR count). The maximum absolute atomic E-state index is 4.00. The van der Waals surface area contributed by atoms with Gasteiger partial charge < -0.3 is 5.32 Å². The first kappa shape index (κ1) is 12.2. The molecule has 0 radical (unpaired) electrons. The van der Waals surface area contributed by atoms with Crippen molar-refractivity contribution in [2.45, 2.75) is 26.8 Å². The van der Waals surface area contributed by atoms with Gasteiger partial charge in [-0.05, 0) is 12.8 Å². The molecule has 1 nitrogen and oxygen atoms in total. The van der Waals surface area contributed by atoms with Crippen molar-refractivity contribution < 1.29 is 0 Å². The minimum atomic E-state index is 0.264. The second kappa shape index (κ2) is 6.67. The van der Waals surface area contributed by atoms with Crippen LogP contribution in [0.15, 0.2) is 37.0 Å². The van der Waals surface area contributed by atoms with Gasteiger partial charge in [0.15, 0.2) is 0 Å². The average molecular weight is 179 g/mol. The van der Waals surface area contributed by atoms with E-state index in [1.165, 1.54) is 5.57 Å². The summed E-state index contributed by atoms with van der Waals surface area (Å²) >= 11 is 0. The average Bonchev–Trinajstić information content (AvgIpc) is 2.11. The predicted octanol–water partition coefficient (Wildman–Crippen LogP) is 2.92. The van der Waals surface area contributed by atoms with Crippen molar-refractivity contribution in [2.24, 2.45) is 5.92 Å². The van der Waals surface area contributed by atoms with Crippen LogP contribution in [0.3, 0.4) is 0 Å². The Morgan fingerprint density at radius 1 is 1.46 bits per heavy atom. The van der Waals surface area contributed by atoms with Crippen LogP contribution in [-0.4, -0.2) is 12.6 Å². The first-order valence-electron chi connectivity index (χ1n) is 4.78. The molecule has 13 heavy (non-hydrogen) atoms. The van der Waals surface area contributed by atoms with Crippen molar-refractivity contribution in [1.29, 1.82) is 0 Å². The van der Waals surface area contributed by atoms with E-state index < -0.39 is 0 Å². The van der Waals surface area contributed by atoms with E-state index in [0.717, 1.165) is 6.54 Å². The Kier molecular flexibility index (Phi) is 6.25. The summed E-state index contributed by atoms with van der Waals surface area (Å²) in [5, 5.41) is 3.35. The van der Waals surface area contributed by atoms with Gasteiger partial charge in [-0.2, -0.15) is 0 Å². The Morgan fingerprint density at radius 3 is 2.46 bits per heavy atom. The topological polar surface area (TPSA) is 12.0 Å². The van der Waals surface area contributed by atoms with Crippen molar-refractivity contribution in [3.05, 3.63) is 37.0 Å². The molecule has 1 atom stereocenters. The smallest absolute Gasteiger partial charge is 0.0435 e. The zero-order valence-electron chi connectivity index (χ0n) is 9.01. The van der Waals surface area contributed by atoms with Crippen molar-refractivity contribution in [2.75, 3.05) is 6.54 Å². The molecule has 1 heteroatoms. The summed E-state index contributed by atoms with van der Waals surface area (Å²) in [6.07, 6.45) is 6.01. The van der Waals surface area contributed by atoms with Crippen LogP contribution in [0.25, 0.3) is 0 Å². The van der Waals surface area contributed by atoms with Crippen LogP contribution in [0.2, 0.25) is 0 Å². The Bertz CT molecular complexity index is 189. The molecule has 0 amide bonds. The van der Waals surface area contributed by atoms with Gasteiger partial charge in [-0.1, -0.05) is 44.2 Å². The van der Waals surface area contributed by atoms with E-state index in [9.17, 15) is 0 Å². The van der Waals surface area contributed by atoms with E-state index in [4.69, 9.17) is 0 Å². The van der Waals surface area contributed by atoms with Crippen LogP contribution in [0.1, 0.15) is 20.8 Å². The van der Waals surface area contributed by atoms with E-state index in [1.807, 2.05) is 19.1 Å². The molecule has 0 saturated carbocycles. The summed E-state index contributed by atoms with van der Waals surface area (Å²) in [4.78, 5) is 0. The van der Waals surface area contributed by atoms with Crippen LogP contribution in [-0.2, 0) is 0 Å². The van der Waals surface area contributed by atoms with E-state index in [0.29, 0.717) is 5.92 Å². The molecule has 74 valence electrons. The van der Waals surface area contributed by atoms with E-state index >= 15 is 0 Å². The third kappa shape index (κ3) is 5.42. The van der Waals surface area contributed by atoms with Gasteiger partial charge in [0, 0.05) is 12.6 Å². The van der Waals surface area contributed by atoms with Gasteiger partial charge >= 0.3 is 0 Å². The van der Waals surface area contributed by atoms with Crippen molar-refractivity contribution in [3.8, 4) is 0 Å². The molecular formula is C12H21N. The van der Waals surface area contributed by atoms with E-state index in [2.05, 4.69) is 38.4 Å². The number of hydrogen-bond donors (Lipinski definition) is 1. The van der Waals surface area contributed by atoms with Crippen LogP contribution >= 0.6 is 0 Å². The predicted molar refractivity (Wildman–Crippen MR) is 60.8 cm³/mol. The summed E-state index contributed by atoms with van der Waals surface area (Å²) in [7, 11) is 0. The van der Waals surface area contributed by atoms with Gasteiger partial charge in [0.2, 0.25) is 0 Å². The zero-order chi connectivity index (χ0) is 10.3. The molecule has 0 aromatic rings. The first-order chi connectivity index (χ1) is 6.11. The number of hydrogen-bond acceptors (Lipinski definition) is 1. The molecular weight excluding hydrogens is 158 g/mol. The lowest BCUT2D eigenvalue weighted by atomic mass is 10.1. The monoisotopic (exact) mass is 179 g/mol. The molecule has 0 heterocycles. The highest BCUT2D eigenvalue weighted by Gasteiger charge is 2.02. The third-order valence-corrected chi connectivity index (χ3v) is 2.04. The molecule has 0 aromatic carbocycles. The lowest BCUT2D eigenvalue weighted by Gasteiger charge is -2.14. The minimum Gasteiger partial charge on any atom is -0.303 e. The molecule has 0 spiro atoms. The highest BCUT2D eigenvalue weighted by atomic mass is 14.9. The maximum atomic E-state index is 4.00. The molecule has 1 unspecified atom stereocenters. The number of allylic oxidation sites excluding steroid dienone is 1. The van der Waals surface area contributed by atoms with Gasteiger partial charge in [0.1, 0.15) is 0 Å². The standard InChI is InChI=1S/C12H21N/c1-6-8-12(7-2)13-9-11(5)10(3)4/h6-8,10,12-13H,2,5,9H2,1,3-4H3/b8-6-. The fourth-order valence-electron chi connectivity index (χ4n) is 0.890. The first-order valence-corrected chi connectivity index (χ1v) is 4.78. The quantitative estimate of drug-likeness (QED) is 0.618. The van der Waals surface area contributed by atoms with Crippen LogP contribution in [0, 0.1) is 5.92 Å². The second-order valence-electron chi connectivity index (χ2n) is 3.48. The molecule has 0 fully saturated rings. The summed E-state index contributed by atoms with van der Waals surface area (Å²) in [5.41, 5.74) is 1.23. The van der Waals surface area contributed by atoms with Gasteiger partial charge in [0.05, 0.1) is 0 Å². The molecule has 0 aliphatic rings. The van der Waals surface area contributed by atoms with Crippen molar-refractivity contribution in [3.63, 3.8) is 0 Å². The van der Waals surface area contributed by atoms with Crippen molar-refractivity contribution >= 4 is 0 Å². The molecule has 0 aromatic heterocycles. The summed E-state index contributed by atoms with van der Waals surface area (Å²) < 4.78 is 0. The maximum Gasteiger partial charge on any atom is 0.0435 e. The zero-order valence-corrected chi connectivity index (χ0v) is 9.01. The highest BCUT2D eigenvalue weighted by molar-refractivity contribution is 5.06. The Morgan fingerprint density at radius 2 is 2.08 bits per heavy atom. The molecule has 0 aliphatic heterocycles. The molecule has 0 aliphatic carbocycles. The van der Waals surface area contributed by atoms with Crippen LogP contribution < -0.4 is 5.32 Å². The van der Waals surface area contributed by atoms with Gasteiger partial charge in [0.25, 0.3) is 0 Å². The highest BCUT2D eigenvalue weighted by Crippen LogP contribution is 2.05. The third-order valence-electron chi connectivity index (χ3n) is 2.04. The van der Waals surface area contributed by atoms with Gasteiger partial charge in [-0.3, -0.25) is 0 Å². The molecule has 1 N–H and O–H groups in total. The second-order valence-corrected chi connectivity index (χ2v) is 3.48. The Labute approximate surface area is 82.2 Å². The summed E-state index contributed by atoms with van der Waals surface area (Å²) in [6, 6.07) is 0.264. The van der Waals surface area contributed by atoms with Crippen molar-refractivity contribution in [1.82, 2.24) is 5.32 Å². The van der Waals surface area contributed by atoms with E-state index in [1.54, 1.807) is 0 Å². The summed E-state index contributed by atoms with van der Waals surface area (Å²) in [6.45, 7) is 14.9. The summed E-state index contributed by atoms with van der Waals surface area (Å²) in [5.74, 6) is 0.545. The van der Waals surface area contributed by atoms with Crippen LogP contribution in [0.4, 0.5) is 0 Å². The van der Waals surface area contributed by atoms with Gasteiger partial charge in [-0.15, -0.1) is 6.58 Å².